The summed E-state index contributed by atoms with van der Waals surface area (Å²) in [6.07, 6.45) is 10.2. The number of carbonyl (C=O) groups is 1. The number of halogens is 1. The number of nitrogens with one attached hydrogen (secondary N) is 1. The fourth-order valence-electron chi connectivity index (χ4n) is 4.70. The van der Waals surface area contributed by atoms with Gasteiger partial charge in [-0.3, -0.25) is 19.7 Å². The maximum Gasteiger partial charge on any atom is 0.253 e. The Morgan fingerprint density at radius 1 is 1.08 bits per heavy atom. The van der Waals surface area contributed by atoms with E-state index in [2.05, 4.69) is 57.4 Å². The van der Waals surface area contributed by atoms with Gasteiger partial charge in [-0.05, 0) is 55.0 Å². The second-order valence-corrected chi connectivity index (χ2v) is 10.8. The molecule has 0 saturated carbocycles. The second-order valence-electron chi connectivity index (χ2n) is 9.08. The number of nitrogens with zero attached hydrogens (tertiary/aromatic N) is 4. The van der Waals surface area contributed by atoms with Crippen molar-refractivity contribution in [2.45, 2.75) is 51.9 Å². The van der Waals surface area contributed by atoms with E-state index in [1.54, 1.807) is 23.6 Å². The van der Waals surface area contributed by atoms with E-state index in [9.17, 15) is 4.79 Å². The first-order valence-corrected chi connectivity index (χ1v) is 13.3. The topological polar surface area (TPSA) is 71.0 Å². The summed E-state index contributed by atoms with van der Waals surface area (Å²) in [7, 11) is 0. The van der Waals surface area contributed by atoms with Crippen molar-refractivity contribution >= 4 is 28.8 Å². The molecule has 0 fully saturated rings. The summed E-state index contributed by atoms with van der Waals surface area (Å²) in [5, 5.41) is 4.41. The molecule has 3 heterocycles. The Kier molecular flexibility index (Phi) is 7.70. The van der Waals surface area contributed by atoms with Crippen LogP contribution in [-0.2, 0) is 26.1 Å². The van der Waals surface area contributed by atoms with E-state index in [0.717, 1.165) is 42.9 Å². The molecule has 36 heavy (non-hydrogen) atoms. The SMILES string of the molecule is Cc1cnc(CN(Cc2ccc(CNC(=O)c3ccncc3Cl)cc2)C2CCCc3cccnc32)s1. The Balaban J connectivity index is 1.29. The maximum atomic E-state index is 12.5. The molecule has 1 N–H and O–H groups in total. The number of aromatic nitrogens is 3. The summed E-state index contributed by atoms with van der Waals surface area (Å²) in [5.74, 6) is -0.208. The average Bonchev–Trinajstić information content (AvgIpc) is 3.32. The van der Waals surface area contributed by atoms with Crippen LogP contribution in [0.1, 0.15) is 61.5 Å². The minimum atomic E-state index is -0.208. The van der Waals surface area contributed by atoms with Crippen molar-refractivity contribution in [1.29, 1.82) is 0 Å². The summed E-state index contributed by atoms with van der Waals surface area (Å²) in [6, 6.07) is 14.6. The van der Waals surface area contributed by atoms with Crippen molar-refractivity contribution in [3.05, 3.63) is 110 Å². The van der Waals surface area contributed by atoms with Gasteiger partial charge in [0.15, 0.2) is 0 Å². The molecule has 0 bridgehead atoms. The highest BCUT2D eigenvalue weighted by Crippen LogP contribution is 2.35. The first kappa shape index (κ1) is 24.6. The monoisotopic (exact) mass is 517 g/mol. The number of hydrogen-bond donors (Lipinski definition) is 1. The number of pyridine rings is 2. The van der Waals surface area contributed by atoms with Crippen LogP contribution in [0.25, 0.3) is 0 Å². The van der Waals surface area contributed by atoms with Gasteiger partial charge in [0.1, 0.15) is 5.01 Å². The Morgan fingerprint density at radius 2 is 1.92 bits per heavy atom. The van der Waals surface area contributed by atoms with Crippen molar-refractivity contribution in [3.8, 4) is 0 Å². The molecule has 8 heteroatoms. The Labute approximate surface area is 220 Å². The molecule has 184 valence electrons. The van der Waals surface area contributed by atoms with Crippen molar-refractivity contribution in [2.75, 3.05) is 0 Å². The molecule has 5 rings (SSSR count). The normalized spacial score (nSPS) is 15.0. The highest BCUT2D eigenvalue weighted by Gasteiger charge is 2.28. The van der Waals surface area contributed by atoms with E-state index in [0.29, 0.717) is 17.1 Å². The van der Waals surface area contributed by atoms with E-state index in [1.165, 1.54) is 27.9 Å². The predicted octanol–water partition coefficient (Wildman–Crippen LogP) is 5.90. The van der Waals surface area contributed by atoms with Crippen LogP contribution in [0.15, 0.2) is 67.3 Å². The van der Waals surface area contributed by atoms with Crippen LogP contribution < -0.4 is 5.32 Å². The van der Waals surface area contributed by atoms with Gasteiger partial charge in [-0.1, -0.05) is 41.9 Å². The molecule has 1 unspecified atom stereocenters. The lowest BCUT2D eigenvalue weighted by molar-refractivity contribution is 0.0951. The van der Waals surface area contributed by atoms with E-state index >= 15 is 0 Å². The Hall–Kier alpha value is -3.13. The fourth-order valence-corrected chi connectivity index (χ4v) is 5.72. The zero-order valence-corrected chi connectivity index (χ0v) is 21.7. The molecular formula is C28H28ClN5OS. The highest BCUT2D eigenvalue weighted by atomic mass is 35.5. The van der Waals surface area contributed by atoms with Crippen LogP contribution in [0.4, 0.5) is 0 Å². The van der Waals surface area contributed by atoms with Crippen LogP contribution >= 0.6 is 22.9 Å². The molecule has 4 aromatic rings. The number of rotatable bonds is 8. The van der Waals surface area contributed by atoms with E-state index in [4.69, 9.17) is 16.6 Å². The van der Waals surface area contributed by atoms with Crippen molar-refractivity contribution < 1.29 is 4.79 Å². The molecule has 1 aliphatic carbocycles. The lowest BCUT2D eigenvalue weighted by atomic mass is 9.90. The molecule has 0 aliphatic heterocycles. The van der Waals surface area contributed by atoms with Crippen LogP contribution in [0.5, 0.6) is 0 Å². The summed E-state index contributed by atoms with van der Waals surface area (Å²) in [6.45, 7) is 4.13. The molecule has 0 radical (unpaired) electrons. The van der Waals surface area contributed by atoms with E-state index < -0.39 is 0 Å². The molecular weight excluding hydrogens is 490 g/mol. The maximum absolute atomic E-state index is 12.5. The van der Waals surface area contributed by atoms with Crippen LogP contribution in [0.3, 0.4) is 0 Å². The number of amides is 1. The highest BCUT2D eigenvalue weighted by molar-refractivity contribution is 7.11. The van der Waals surface area contributed by atoms with E-state index in [1.807, 2.05) is 18.5 Å². The minimum Gasteiger partial charge on any atom is -0.348 e. The summed E-state index contributed by atoms with van der Waals surface area (Å²) >= 11 is 7.84. The third-order valence-electron chi connectivity index (χ3n) is 6.49. The van der Waals surface area contributed by atoms with E-state index in [-0.39, 0.29) is 11.9 Å². The number of thiazole rings is 1. The number of carbonyl (C=O) groups excluding carboxylic acids is 1. The zero-order valence-electron chi connectivity index (χ0n) is 20.2. The molecule has 1 atom stereocenters. The smallest absolute Gasteiger partial charge is 0.253 e. The van der Waals surface area contributed by atoms with Crippen molar-refractivity contribution in [2.24, 2.45) is 0 Å². The van der Waals surface area contributed by atoms with Gasteiger partial charge < -0.3 is 5.32 Å². The van der Waals surface area contributed by atoms with Gasteiger partial charge in [0.25, 0.3) is 5.91 Å². The molecule has 6 nitrogen and oxygen atoms in total. The van der Waals surface area contributed by atoms with Gasteiger partial charge in [0.2, 0.25) is 0 Å². The van der Waals surface area contributed by atoms with Gasteiger partial charge in [-0.2, -0.15) is 0 Å². The average molecular weight is 518 g/mol. The summed E-state index contributed by atoms with van der Waals surface area (Å²) in [5.41, 5.74) is 5.24. The van der Waals surface area contributed by atoms with Gasteiger partial charge in [-0.15, -0.1) is 11.3 Å². The molecule has 1 aromatic carbocycles. The number of benzene rings is 1. The number of aryl methyl sites for hydroxylation is 2. The third kappa shape index (κ3) is 5.81. The van der Waals surface area contributed by atoms with Crippen molar-refractivity contribution in [3.63, 3.8) is 0 Å². The first-order chi connectivity index (χ1) is 17.6. The standard InChI is InChI=1S/C28H28ClN5OS/c1-19-14-32-26(36-19)18-34(25-6-2-4-22-5-3-12-31-27(22)25)17-21-9-7-20(8-10-21)15-33-28(35)23-11-13-30-16-24(23)29/h3,5,7-14,16,25H,2,4,6,15,17-18H2,1H3,(H,33,35). The second kappa shape index (κ2) is 11.3. The lowest BCUT2D eigenvalue weighted by Gasteiger charge is -2.34. The number of fused-ring (bicyclic) bond motifs is 1. The summed E-state index contributed by atoms with van der Waals surface area (Å²) < 4.78 is 0. The molecule has 0 spiro atoms. The molecule has 3 aromatic heterocycles. The fraction of sp³-hybridized carbons (Fsp3) is 0.286. The largest absolute Gasteiger partial charge is 0.348 e. The third-order valence-corrected chi connectivity index (χ3v) is 7.69. The molecule has 1 aliphatic rings. The Bertz CT molecular complexity index is 1340. The number of hydrogen-bond acceptors (Lipinski definition) is 6. The lowest BCUT2D eigenvalue weighted by Crippen LogP contribution is -2.31. The predicted molar refractivity (Wildman–Crippen MR) is 143 cm³/mol. The summed E-state index contributed by atoms with van der Waals surface area (Å²) in [4.78, 5) is 29.5. The van der Waals surface area contributed by atoms with Crippen LogP contribution in [-0.4, -0.2) is 25.8 Å². The van der Waals surface area contributed by atoms with Crippen LogP contribution in [0.2, 0.25) is 5.02 Å². The quantitative estimate of drug-likeness (QED) is 0.315. The van der Waals surface area contributed by atoms with Crippen LogP contribution in [0, 0.1) is 6.92 Å². The Morgan fingerprint density at radius 3 is 2.69 bits per heavy atom. The van der Waals surface area contributed by atoms with Crippen molar-refractivity contribution in [1.82, 2.24) is 25.2 Å². The molecule has 1 amide bonds. The minimum absolute atomic E-state index is 0.208. The first-order valence-electron chi connectivity index (χ1n) is 12.1. The van der Waals surface area contributed by atoms with Gasteiger partial charge in [0.05, 0.1) is 28.9 Å². The van der Waals surface area contributed by atoms with Gasteiger partial charge >= 0.3 is 0 Å². The zero-order chi connectivity index (χ0) is 24.9. The van der Waals surface area contributed by atoms with Gasteiger partial charge in [0, 0.05) is 42.8 Å². The molecule has 0 saturated heterocycles. The van der Waals surface area contributed by atoms with Gasteiger partial charge in [-0.25, -0.2) is 4.98 Å².